The molecule has 1 saturated heterocycles. The minimum absolute atomic E-state index is 0.00252. The lowest BCUT2D eigenvalue weighted by Gasteiger charge is -2.19. The molecule has 156 valence electrons. The third-order valence-corrected chi connectivity index (χ3v) is 5.20. The summed E-state index contributed by atoms with van der Waals surface area (Å²) in [6.07, 6.45) is 0.301. The molecule has 4 rings (SSSR count). The molecule has 30 heavy (non-hydrogen) atoms. The maximum absolute atomic E-state index is 12.7. The van der Waals surface area contributed by atoms with Crippen molar-refractivity contribution in [2.45, 2.75) is 19.3 Å². The summed E-state index contributed by atoms with van der Waals surface area (Å²) in [5.41, 5.74) is 2.47. The summed E-state index contributed by atoms with van der Waals surface area (Å²) in [5.74, 6) is 2.54. The summed E-state index contributed by atoms with van der Waals surface area (Å²) in [6, 6.07) is 11.1. The number of hydrogen-bond donors (Lipinski definition) is 0. The summed E-state index contributed by atoms with van der Waals surface area (Å²) in [7, 11) is 4.75. The fourth-order valence-electron chi connectivity index (χ4n) is 3.61. The highest BCUT2D eigenvalue weighted by atomic mass is 16.5. The second-order valence-corrected chi connectivity index (χ2v) is 7.10. The number of nitrogens with zero attached hydrogens (tertiary/aromatic N) is 3. The van der Waals surface area contributed by atoms with Crippen molar-refractivity contribution in [2.75, 3.05) is 32.8 Å². The van der Waals surface area contributed by atoms with Gasteiger partial charge in [0.15, 0.2) is 5.82 Å². The largest absolute Gasteiger partial charge is 0.497 e. The van der Waals surface area contributed by atoms with Gasteiger partial charge in [0.25, 0.3) is 5.89 Å². The van der Waals surface area contributed by atoms with Crippen molar-refractivity contribution < 1.29 is 23.5 Å². The normalized spacial score (nSPS) is 16.1. The Morgan fingerprint density at radius 3 is 2.57 bits per heavy atom. The van der Waals surface area contributed by atoms with E-state index in [1.807, 2.05) is 25.1 Å². The van der Waals surface area contributed by atoms with Gasteiger partial charge in [0.1, 0.15) is 17.2 Å². The molecular weight excluding hydrogens is 386 g/mol. The fraction of sp³-hybridized carbons (Fsp3) is 0.318. The van der Waals surface area contributed by atoms with Crippen LogP contribution < -0.4 is 19.1 Å². The Bertz CT molecular complexity index is 1080. The van der Waals surface area contributed by atoms with E-state index in [9.17, 15) is 4.79 Å². The van der Waals surface area contributed by atoms with Gasteiger partial charge < -0.3 is 23.6 Å². The molecule has 1 aliphatic heterocycles. The summed E-state index contributed by atoms with van der Waals surface area (Å²) < 4.78 is 21.6. The molecule has 0 bridgehead atoms. The molecule has 2 heterocycles. The highest BCUT2D eigenvalue weighted by molar-refractivity contribution is 5.97. The topological polar surface area (TPSA) is 86.9 Å². The van der Waals surface area contributed by atoms with Gasteiger partial charge in [-0.2, -0.15) is 4.98 Å². The van der Waals surface area contributed by atoms with E-state index in [2.05, 4.69) is 10.1 Å². The smallest absolute Gasteiger partial charge is 0.261 e. The van der Waals surface area contributed by atoms with Crippen molar-refractivity contribution in [3.8, 4) is 28.7 Å². The number of hydrogen-bond acceptors (Lipinski definition) is 7. The quantitative estimate of drug-likeness (QED) is 0.615. The summed E-state index contributed by atoms with van der Waals surface area (Å²) in [5, 5.41) is 4.13. The lowest BCUT2D eigenvalue weighted by molar-refractivity contribution is -0.117. The van der Waals surface area contributed by atoms with E-state index in [-0.39, 0.29) is 11.8 Å². The molecule has 1 fully saturated rings. The van der Waals surface area contributed by atoms with E-state index in [1.165, 1.54) is 0 Å². The zero-order valence-electron chi connectivity index (χ0n) is 17.3. The SMILES string of the molecule is COc1ccc(-c2nc(C3CC(=O)N(c4cc(C)ccc4OC)C3)no2)c(OC)c1. The van der Waals surface area contributed by atoms with Crippen molar-refractivity contribution >= 4 is 11.6 Å². The Kier molecular flexibility index (Phi) is 5.31. The molecule has 3 aromatic rings. The Labute approximate surface area is 174 Å². The average Bonchev–Trinajstić information content (AvgIpc) is 3.40. The number of ether oxygens (including phenoxy) is 3. The predicted octanol–water partition coefficient (Wildman–Crippen LogP) is 3.59. The zero-order valence-corrected chi connectivity index (χ0v) is 17.3. The van der Waals surface area contributed by atoms with Gasteiger partial charge in [0.05, 0.1) is 32.6 Å². The van der Waals surface area contributed by atoms with Crippen molar-refractivity contribution in [1.82, 2.24) is 10.1 Å². The van der Waals surface area contributed by atoms with Crippen LogP contribution in [0.2, 0.25) is 0 Å². The van der Waals surface area contributed by atoms with Gasteiger partial charge in [-0.25, -0.2) is 0 Å². The number of benzene rings is 2. The number of aryl methyl sites for hydroxylation is 1. The highest BCUT2D eigenvalue weighted by Crippen LogP contribution is 2.38. The van der Waals surface area contributed by atoms with E-state index in [1.54, 1.807) is 44.4 Å². The first-order chi connectivity index (χ1) is 14.5. The number of anilines is 1. The number of aromatic nitrogens is 2. The molecule has 0 N–H and O–H groups in total. The van der Waals surface area contributed by atoms with E-state index in [0.717, 1.165) is 11.3 Å². The minimum atomic E-state index is -0.176. The molecule has 0 saturated carbocycles. The molecule has 0 aliphatic carbocycles. The molecule has 8 nitrogen and oxygen atoms in total. The van der Waals surface area contributed by atoms with Gasteiger partial charge in [-0.1, -0.05) is 11.2 Å². The second-order valence-electron chi connectivity index (χ2n) is 7.10. The molecule has 0 spiro atoms. The van der Waals surface area contributed by atoms with Crippen molar-refractivity contribution in [2.24, 2.45) is 0 Å². The third-order valence-electron chi connectivity index (χ3n) is 5.20. The molecule has 2 aromatic carbocycles. The van der Waals surface area contributed by atoms with E-state index < -0.39 is 0 Å². The zero-order chi connectivity index (χ0) is 21.3. The van der Waals surface area contributed by atoms with Crippen LogP contribution >= 0.6 is 0 Å². The summed E-state index contributed by atoms with van der Waals surface area (Å²) in [4.78, 5) is 19.0. The average molecular weight is 409 g/mol. The molecule has 1 aromatic heterocycles. The molecule has 1 atom stereocenters. The maximum Gasteiger partial charge on any atom is 0.261 e. The Morgan fingerprint density at radius 1 is 1.03 bits per heavy atom. The number of amides is 1. The lowest BCUT2D eigenvalue weighted by Crippen LogP contribution is -2.25. The first-order valence-corrected chi connectivity index (χ1v) is 9.55. The van der Waals surface area contributed by atoms with Gasteiger partial charge in [-0.15, -0.1) is 0 Å². The van der Waals surface area contributed by atoms with E-state index >= 15 is 0 Å². The van der Waals surface area contributed by atoms with Crippen LogP contribution in [-0.2, 0) is 4.79 Å². The first-order valence-electron chi connectivity index (χ1n) is 9.55. The Balaban J connectivity index is 1.60. The Hall–Kier alpha value is -3.55. The molecule has 1 amide bonds. The van der Waals surface area contributed by atoms with E-state index in [4.69, 9.17) is 18.7 Å². The minimum Gasteiger partial charge on any atom is -0.497 e. The maximum atomic E-state index is 12.7. The molecule has 0 radical (unpaired) electrons. The van der Waals surface area contributed by atoms with Crippen molar-refractivity contribution in [3.63, 3.8) is 0 Å². The van der Waals surface area contributed by atoms with Crippen molar-refractivity contribution in [3.05, 3.63) is 47.8 Å². The van der Waals surface area contributed by atoms with Gasteiger partial charge >= 0.3 is 0 Å². The molecular formula is C22H23N3O5. The summed E-state index contributed by atoms with van der Waals surface area (Å²) >= 11 is 0. The molecule has 1 unspecified atom stereocenters. The number of carbonyl (C=O) groups is 1. The van der Waals surface area contributed by atoms with Gasteiger partial charge in [0, 0.05) is 24.9 Å². The number of rotatable bonds is 6. The van der Waals surface area contributed by atoms with Crippen LogP contribution in [0, 0.1) is 6.92 Å². The number of carbonyl (C=O) groups excluding carboxylic acids is 1. The van der Waals surface area contributed by atoms with Crippen LogP contribution in [0.5, 0.6) is 17.2 Å². The van der Waals surface area contributed by atoms with Gasteiger partial charge in [0.2, 0.25) is 5.91 Å². The fourth-order valence-corrected chi connectivity index (χ4v) is 3.61. The predicted molar refractivity (Wildman–Crippen MR) is 110 cm³/mol. The second kappa shape index (κ2) is 8.06. The lowest BCUT2D eigenvalue weighted by atomic mass is 10.1. The first kappa shape index (κ1) is 19.8. The highest BCUT2D eigenvalue weighted by Gasteiger charge is 2.36. The van der Waals surface area contributed by atoms with Crippen LogP contribution in [0.3, 0.4) is 0 Å². The van der Waals surface area contributed by atoms with Crippen LogP contribution in [0.1, 0.15) is 23.7 Å². The number of methoxy groups -OCH3 is 3. The van der Waals surface area contributed by atoms with Gasteiger partial charge in [-0.3, -0.25) is 4.79 Å². The van der Waals surface area contributed by atoms with Crippen LogP contribution in [0.15, 0.2) is 40.9 Å². The summed E-state index contributed by atoms with van der Waals surface area (Å²) in [6.45, 7) is 2.44. The van der Waals surface area contributed by atoms with E-state index in [0.29, 0.717) is 47.5 Å². The van der Waals surface area contributed by atoms with Gasteiger partial charge in [-0.05, 0) is 36.8 Å². The van der Waals surface area contributed by atoms with Crippen LogP contribution in [0.25, 0.3) is 11.5 Å². The molecule has 1 aliphatic rings. The standard InChI is InChI=1S/C22H23N3O5/c1-13-5-8-18(28-3)17(9-13)25-12-14(10-20(25)26)21-23-22(30-24-21)16-7-6-15(27-2)11-19(16)29-4/h5-9,11,14H,10,12H2,1-4H3. The van der Waals surface area contributed by atoms with Crippen LogP contribution in [0.4, 0.5) is 5.69 Å². The monoisotopic (exact) mass is 409 g/mol. The van der Waals surface area contributed by atoms with Crippen LogP contribution in [-0.4, -0.2) is 43.9 Å². The van der Waals surface area contributed by atoms with Crippen molar-refractivity contribution in [1.29, 1.82) is 0 Å². The Morgan fingerprint density at radius 2 is 1.83 bits per heavy atom. The third kappa shape index (κ3) is 3.56. The molecule has 8 heteroatoms.